The van der Waals surface area contributed by atoms with Gasteiger partial charge in [0.25, 0.3) is 0 Å². The lowest BCUT2D eigenvalue weighted by Crippen LogP contribution is -2.01. The topological polar surface area (TPSA) is 82.8 Å². The van der Waals surface area contributed by atoms with E-state index < -0.39 is 0 Å². The monoisotopic (exact) mass is 731 g/mol. The van der Waals surface area contributed by atoms with Gasteiger partial charge in [-0.3, -0.25) is 4.98 Å². The van der Waals surface area contributed by atoms with Crippen molar-refractivity contribution >= 4 is 65.7 Å². The van der Waals surface area contributed by atoms with E-state index in [0.717, 1.165) is 88.5 Å². The Balaban J connectivity index is 1.07. The van der Waals surface area contributed by atoms with E-state index in [1.807, 2.05) is 72.9 Å². The largest absolute Gasteiger partial charge is 0.456 e. The molecule has 0 saturated carbocycles. The Morgan fingerprint density at radius 2 is 0.982 bits per heavy atom. The number of pyridine rings is 1. The second kappa shape index (κ2) is 12.3. The van der Waals surface area contributed by atoms with Crippen molar-refractivity contribution in [1.82, 2.24) is 24.5 Å². The maximum Gasteiger partial charge on any atom is 0.164 e. The lowest BCUT2D eigenvalue weighted by atomic mass is 10.0. The van der Waals surface area contributed by atoms with Crippen molar-refractivity contribution in [3.05, 3.63) is 176 Å². The standard InChI is InChI=1S/C50H29N5O2/c1-5-21-40-34(16-1)35-17-2-6-22-41(35)55(40)33-15-10-14-32(29-33)49-52-48(53-50(54-49)39-20-11-25-44-45(39)38-19-4-8-24-43(38)56-44)31-13-9-12-30(28-31)46-47-37(26-27-51-46)36-18-3-7-23-42(36)57-47/h1-29H. The van der Waals surface area contributed by atoms with Gasteiger partial charge in [0.2, 0.25) is 0 Å². The highest BCUT2D eigenvalue weighted by Gasteiger charge is 2.20. The van der Waals surface area contributed by atoms with E-state index in [-0.39, 0.29) is 0 Å². The molecule has 0 bridgehead atoms. The molecule has 0 aliphatic heterocycles. The molecule has 5 aromatic heterocycles. The average molecular weight is 732 g/mol. The summed E-state index contributed by atoms with van der Waals surface area (Å²) in [4.78, 5) is 20.5. The summed E-state index contributed by atoms with van der Waals surface area (Å²) in [6.45, 7) is 0. The van der Waals surface area contributed by atoms with Crippen molar-refractivity contribution in [3.8, 4) is 51.1 Å². The molecule has 57 heavy (non-hydrogen) atoms. The van der Waals surface area contributed by atoms with Crippen LogP contribution in [-0.4, -0.2) is 24.5 Å². The molecule has 266 valence electrons. The van der Waals surface area contributed by atoms with Gasteiger partial charge >= 0.3 is 0 Å². The van der Waals surface area contributed by atoms with Crippen LogP contribution in [0.25, 0.3) is 117 Å². The summed E-state index contributed by atoms with van der Waals surface area (Å²) in [6.07, 6.45) is 1.84. The van der Waals surface area contributed by atoms with E-state index in [1.54, 1.807) is 0 Å². The van der Waals surface area contributed by atoms with E-state index in [0.29, 0.717) is 17.5 Å². The molecular formula is C50H29N5O2. The van der Waals surface area contributed by atoms with Gasteiger partial charge in [0.15, 0.2) is 23.1 Å². The third kappa shape index (κ3) is 4.92. The van der Waals surface area contributed by atoms with E-state index in [2.05, 4.69) is 108 Å². The predicted molar refractivity (Wildman–Crippen MR) is 228 cm³/mol. The highest BCUT2D eigenvalue weighted by Crippen LogP contribution is 2.39. The van der Waals surface area contributed by atoms with Crippen LogP contribution in [0.1, 0.15) is 0 Å². The summed E-state index contributed by atoms with van der Waals surface area (Å²) < 4.78 is 15.0. The molecule has 12 aromatic rings. The summed E-state index contributed by atoms with van der Waals surface area (Å²) >= 11 is 0. The second-order valence-electron chi connectivity index (χ2n) is 14.2. The molecule has 0 N–H and O–H groups in total. The Morgan fingerprint density at radius 3 is 1.75 bits per heavy atom. The number of nitrogens with zero attached hydrogens (tertiary/aromatic N) is 5. The Kier molecular flexibility index (Phi) is 6.79. The number of para-hydroxylation sites is 4. The first kappa shape index (κ1) is 31.5. The zero-order chi connectivity index (χ0) is 37.5. The van der Waals surface area contributed by atoms with Crippen LogP contribution < -0.4 is 0 Å². The summed E-state index contributed by atoms with van der Waals surface area (Å²) in [5.74, 6) is 1.66. The van der Waals surface area contributed by atoms with Gasteiger partial charge in [-0.2, -0.15) is 0 Å². The molecule has 0 aliphatic carbocycles. The zero-order valence-corrected chi connectivity index (χ0v) is 30.3. The van der Waals surface area contributed by atoms with Crippen molar-refractivity contribution in [2.45, 2.75) is 0 Å². The molecule has 7 nitrogen and oxygen atoms in total. The fraction of sp³-hybridized carbons (Fsp3) is 0. The Hall–Kier alpha value is -7.90. The minimum Gasteiger partial charge on any atom is -0.456 e. The van der Waals surface area contributed by atoms with E-state index in [4.69, 9.17) is 28.8 Å². The molecule has 12 rings (SSSR count). The quantitative estimate of drug-likeness (QED) is 0.175. The van der Waals surface area contributed by atoms with Gasteiger partial charge in [-0.15, -0.1) is 0 Å². The van der Waals surface area contributed by atoms with Crippen molar-refractivity contribution in [1.29, 1.82) is 0 Å². The predicted octanol–water partition coefficient (Wildman–Crippen LogP) is 12.8. The molecule has 0 spiro atoms. The molecular weight excluding hydrogens is 703 g/mol. The minimum atomic E-state index is 0.542. The first-order valence-electron chi connectivity index (χ1n) is 18.9. The van der Waals surface area contributed by atoms with E-state index >= 15 is 0 Å². The van der Waals surface area contributed by atoms with Crippen LogP contribution in [0.15, 0.2) is 185 Å². The van der Waals surface area contributed by atoms with Gasteiger partial charge < -0.3 is 13.4 Å². The van der Waals surface area contributed by atoms with Crippen LogP contribution in [0.2, 0.25) is 0 Å². The van der Waals surface area contributed by atoms with Crippen molar-refractivity contribution in [3.63, 3.8) is 0 Å². The third-order valence-corrected chi connectivity index (χ3v) is 10.9. The first-order chi connectivity index (χ1) is 28.2. The number of hydrogen-bond acceptors (Lipinski definition) is 6. The first-order valence-corrected chi connectivity index (χ1v) is 18.9. The van der Waals surface area contributed by atoms with Crippen LogP contribution >= 0.6 is 0 Å². The van der Waals surface area contributed by atoms with Crippen LogP contribution in [-0.2, 0) is 0 Å². The zero-order valence-electron chi connectivity index (χ0n) is 30.3. The van der Waals surface area contributed by atoms with Gasteiger partial charge in [0, 0.05) is 66.5 Å². The summed E-state index contributed by atoms with van der Waals surface area (Å²) in [5.41, 5.74) is 10.7. The molecule has 0 amide bonds. The third-order valence-electron chi connectivity index (χ3n) is 10.9. The maximum absolute atomic E-state index is 6.39. The molecule has 5 heterocycles. The van der Waals surface area contributed by atoms with Crippen molar-refractivity contribution in [2.75, 3.05) is 0 Å². The molecule has 0 saturated heterocycles. The smallest absolute Gasteiger partial charge is 0.164 e. The summed E-state index contributed by atoms with van der Waals surface area (Å²) in [5, 5.41) is 6.46. The van der Waals surface area contributed by atoms with Crippen LogP contribution in [0, 0.1) is 0 Å². The number of furan rings is 2. The Labute approximate surface area is 325 Å². The number of hydrogen-bond donors (Lipinski definition) is 0. The van der Waals surface area contributed by atoms with Gasteiger partial charge in [0.05, 0.1) is 11.0 Å². The lowest BCUT2D eigenvalue weighted by molar-refractivity contribution is 0.668. The molecule has 0 atom stereocenters. The van der Waals surface area contributed by atoms with E-state index in [9.17, 15) is 0 Å². The normalized spacial score (nSPS) is 11.9. The molecule has 0 aliphatic rings. The van der Waals surface area contributed by atoms with Crippen molar-refractivity contribution < 1.29 is 8.83 Å². The van der Waals surface area contributed by atoms with Gasteiger partial charge in [0.1, 0.15) is 22.4 Å². The molecule has 0 unspecified atom stereocenters. The number of aromatic nitrogens is 5. The van der Waals surface area contributed by atoms with Gasteiger partial charge in [-0.05, 0) is 54.6 Å². The molecule has 7 aromatic carbocycles. The van der Waals surface area contributed by atoms with Gasteiger partial charge in [-0.1, -0.05) is 115 Å². The summed E-state index contributed by atoms with van der Waals surface area (Å²) in [7, 11) is 0. The second-order valence-corrected chi connectivity index (χ2v) is 14.2. The van der Waals surface area contributed by atoms with Crippen molar-refractivity contribution in [2.24, 2.45) is 0 Å². The fourth-order valence-corrected chi connectivity index (χ4v) is 8.36. The minimum absolute atomic E-state index is 0.542. The highest BCUT2D eigenvalue weighted by atomic mass is 16.3. The Morgan fingerprint density at radius 1 is 0.404 bits per heavy atom. The number of benzene rings is 7. The van der Waals surface area contributed by atoms with Crippen LogP contribution in [0.4, 0.5) is 0 Å². The number of fused-ring (bicyclic) bond motifs is 9. The van der Waals surface area contributed by atoms with Crippen LogP contribution in [0.3, 0.4) is 0 Å². The SMILES string of the molecule is c1cc(-c2nc(-c3cccc(-n4c5ccccc5c5ccccc54)c3)nc(-c3cccc4oc5ccccc5c34)n2)cc(-c2nccc3c2oc2ccccc23)c1. The fourth-order valence-electron chi connectivity index (χ4n) is 8.36. The number of rotatable bonds is 5. The van der Waals surface area contributed by atoms with Gasteiger partial charge in [-0.25, -0.2) is 15.0 Å². The summed E-state index contributed by atoms with van der Waals surface area (Å²) in [6, 6.07) is 57.9. The maximum atomic E-state index is 6.39. The average Bonchev–Trinajstić information content (AvgIpc) is 3.96. The van der Waals surface area contributed by atoms with E-state index in [1.165, 1.54) is 10.8 Å². The molecule has 0 fully saturated rings. The Bertz CT molecular complexity index is 3500. The highest BCUT2D eigenvalue weighted by molar-refractivity contribution is 6.12. The van der Waals surface area contributed by atoms with Crippen LogP contribution in [0.5, 0.6) is 0 Å². The molecule has 7 heteroatoms. The lowest BCUT2D eigenvalue weighted by Gasteiger charge is -2.12. The molecule has 0 radical (unpaired) electrons.